The molecule has 41 heavy (non-hydrogen) atoms. The zero-order chi connectivity index (χ0) is 29.0. The van der Waals surface area contributed by atoms with E-state index in [0.29, 0.717) is 18.7 Å². The summed E-state index contributed by atoms with van der Waals surface area (Å²) in [5.74, 6) is -2.23. The van der Waals surface area contributed by atoms with Gasteiger partial charge in [-0.25, -0.2) is 9.36 Å². The Hall–Kier alpha value is -3.51. The quantitative estimate of drug-likeness (QED) is 0.157. The number of nitrogens with zero attached hydrogens (tertiary/aromatic N) is 4. The minimum atomic E-state index is -1.12. The number of rotatable bonds is 9. The second-order valence-corrected chi connectivity index (χ2v) is 12.5. The van der Waals surface area contributed by atoms with Gasteiger partial charge in [0.1, 0.15) is 25.0 Å². The van der Waals surface area contributed by atoms with Crippen molar-refractivity contribution >= 4 is 45.4 Å². The van der Waals surface area contributed by atoms with E-state index in [1.54, 1.807) is 18.7 Å². The van der Waals surface area contributed by atoms with Crippen molar-refractivity contribution in [1.29, 1.82) is 0 Å². The standard InChI is InChI=1S/C30H31N4O5S2/c1-17-23(26(30(38)39)34-25(17)24(18(2)36)27(34)37)22-14-33-16-32(28(40-3)29(33)41-22)13-20-8-6-7-19(11-20)12-31-10-5-4-9-21(31)15-35/h4-11,14,16-18,24-25,35-36H,12-13,15H2,1-3H3/q+1/p+1/t17-,18+,24+,25+/m0/s1. The van der Waals surface area contributed by atoms with Gasteiger partial charge in [-0.1, -0.05) is 54.3 Å². The van der Waals surface area contributed by atoms with E-state index >= 15 is 0 Å². The SMILES string of the molecule is CSc1c2sc(C3=C(C(=O)O)N4C(=O)[C@H]([C@@H](C)O)[C@H]4[C@H]3C)cn2c[n+]1Cc1cccc(C[n+]2ccccc2CO)c1. The van der Waals surface area contributed by atoms with Crippen molar-refractivity contribution in [2.75, 3.05) is 6.26 Å². The second kappa shape index (κ2) is 10.7. The van der Waals surface area contributed by atoms with Gasteiger partial charge in [0.25, 0.3) is 6.33 Å². The molecular formula is C30H32N4O5S2+2. The molecule has 0 saturated carbocycles. The van der Waals surface area contributed by atoms with E-state index in [2.05, 4.69) is 28.8 Å². The van der Waals surface area contributed by atoms with E-state index in [4.69, 9.17) is 0 Å². The third-order valence-corrected chi connectivity index (χ3v) is 10.2. The number of thioether (sulfide) groups is 1. The second-order valence-electron chi connectivity index (χ2n) is 10.7. The molecule has 4 atom stereocenters. The van der Waals surface area contributed by atoms with Crippen LogP contribution in [0, 0.1) is 11.8 Å². The van der Waals surface area contributed by atoms with Crippen LogP contribution in [0.3, 0.4) is 0 Å². The summed E-state index contributed by atoms with van der Waals surface area (Å²) >= 11 is 3.16. The number of aliphatic hydroxyl groups excluding tert-OH is 2. The molecule has 3 aromatic heterocycles. The van der Waals surface area contributed by atoms with Crippen LogP contribution in [0.2, 0.25) is 0 Å². The number of amides is 1. The maximum atomic E-state index is 12.8. The molecule has 6 rings (SSSR count). The lowest BCUT2D eigenvalue weighted by Gasteiger charge is -2.46. The van der Waals surface area contributed by atoms with Gasteiger partial charge in [0.05, 0.1) is 22.9 Å². The molecule has 9 nitrogen and oxygen atoms in total. The predicted octanol–water partition coefficient (Wildman–Crippen LogP) is 2.54. The first-order valence-corrected chi connectivity index (χ1v) is 15.5. The van der Waals surface area contributed by atoms with Crippen molar-refractivity contribution in [2.45, 2.75) is 50.7 Å². The average molecular weight is 593 g/mol. The van der Waals surface area contributed by atoms with Crippen molar-refractivity contribution in [3.63, 3.8) is 0 Å². The van der Waals surface area contributed by atoms with Crippen LogP contribution in [0.15, 0.2) is 71.9 Å². The van der Waals surface area contributed by atoms with Gasteiger partial charge in [-0.05, 0) is 24.8 Å². The number of pyridine rings is 1. The van der Waals surface area contributed by atoms with Gasteiger partial charge in [0.2, 0.25) is 21.5 Å². The minimum absolute atomic E-state index is 0.0172. The van der Waals surface area contributed by atoms with Crippen LogP contribution >= 0.6 is 23.1 Å². The van der Waals surface area contributed by atoms with Crippen molar-refractivity contribution in [3.05, 3.63) is 88.6 Å². The first kappa shape index (κ1) is 27.6. The zero-order valence-electron chi connectivity index (χ0n) is 23.0. The predicted molar refractivity (Wildman–Crippen MR) is 154 cm³/mol. The molecule has 1 fully saturated rings. The van der Waals surface area contributed by atoms with Gasteiger partial charge in [-0.3, -0.25) is 4.79 Å². The molecule has 11 heteroatoms. The number of aromatic nitrogens is 3. The fraction of sp³-hybridized carbons (Fsp3) is 0.333. The van der Waals surface area contributed by atoms with Gasteiger partial charge < -0.3 is 20.2 Å². The number of carbonyl (C=O) groups is 2. The summed E-state index contributed by atoms with van der Waals surface area (Å²) in [5.41, 5.74) is 3.83. The van der Waals surface area contributed by atoms with Gasteiger partial charge in [0, 0.05) is 29.2 Å². The summed E-state index contributed by atoms with van der Waals surface area (Å²) in [7, 11) is 0. The molecule has 0 radical (unpaired) electrons. The monoisotopic (exact) mass is 592 g/mol. The Balaban J connectivity index is 1.31. The topological polar surface area (TPSA) is 110 Å². The number of benzene rings is 1. The van der Waals surface area contributed by atoms with E-state index in [9.17, 15) is 24.9 Å². The fourth-order valence-electron chi connectivity index (χ4n) is 6.30. The number of thiazole rings is 1. The zero-order valence-corrected chi connectivity index (χ0v) is 24.6. The van der Waals surface area contributed by atoms with Gasteiger partial charge in [0.15, 0.2) is 12.7 Å². The lowest BCUT2D eigenvalue weighted by Crippen LogP contribution is -2.63. The van der Waals surface area contributed by atoms with Crippen LogP contribution in [0.25, 0.3) is 10.4 Å². The number of hydrogen-bond donors (Lipinski definition) is 3. The highest BCUT2D eigenvalue weighted by Gasteiger charge is 2.60. The molecule has 0 bridgehead atoms. The third-order valence-electron chi connectivity index (χ3n) is 8.13. The number of aliphatic hydroxyl groups is 2. The summed E-state index contributed by atoms with van der Waals surface area (Å²) in [6.07, 6.45) is 7.16. The molecule has 2 aliphatic rings. The van der Waals surface area contributed by atoms with Crippen LogP contribution in [0.5, 0.6) is 0 Å². The van der Waals surface area contributed by atoms with Crippen molar-refractivity contribution in [3.8, 4) is 0 Å². The summed E-state index contributed by atoms with van der Waals surface area (Å²) in [4.78, 5) is 28.3. The number of carboxylic acid groups (broad SMARTS) is 1. The molecule has 0 spiro atoms. The number of aliphatic carboxylic acids is 1. The Bertz CT molecular complexity index is 1710. The number of carbonyl (C=O) groups excluding carboxylic acids is 1. The number of hydrogen-bond acceptors (Lipinski definition) is 6. The van der Waals surface area contributed by atoms with Crippen LogP contribution in [0.1, 0.15) is 35.5 Å². The molecule has 1 amide bonds. The lowest BCUT2D eigenvalue weighted by atomic mass is 9.77. The Morgan fingerprint density at radius 3 is 2.54 bits per heavy atom. The minimum Gasteiger partial charge on any atom is -0.477 e. The largest absolute Gasteiger partial charge is 0.477 e. The Kier molecular flexibility index (Phi) is 7.23. The summed E-state index contributed by atoms with van der Waals surface area (Å²) in [6.45, 7) is 4.84. The van der Waals surface area contributed by atoms with Crippen molar-refractivity contribution < 1.29 is 34.0 Å². The van der Waals surface area contributed by atoms with E-state index in [-0.39, 0.29) is 30.2 Å². The van der Waals surface area contributed by atoms with Gasteiger partial charge >= 0.3 is 5.97 Å². The molecule has 0 unspecified atom stereocenters. The highest BCUT2D eigenvalue weighted by molar-refractivity contribution is 7.98. The molecule has 1 aromatic carbocycles. The normalized spacial score (nSPS) is 21.0. The third kappa shape index (κ3) is 4.57. The smallest absolute Gasteiger partial charge is 0.352 e. The van der Waals surface area contributed by atoms with Crippen LogP contribution < -0.4 is 9.13 Å². The van der Waals surface area contributed by atoms with Gasteiger partial charge in [-0.2, -0.15) is 8.97 Å². The molecule has 4 aromatic rings. The number of β-lactam (4-membered cyclic amide) rings is 1. The molecule has 3 N–H and O–H groups in total. The number of imidazole rings is 1. The lowest BCUT2D eigenvalue weighted by molar-refractivity contribution is -0.721. The molecule has 212 valence electrons. The number of fused-ring (bicyclic) bond motifs is 2. The van der Waals surface area contributed by atoms with E-state index in [0.717, 1.165) is 31.6 Å². The first-order chi connectivity index (χ1) is 19.7. The molecule has 1 saturated heterocycles. The van der Waals surface area contributed by atoms with Crippen LogP contribution in [-0.2, 0) is 29.3 Å². The highest BCUT2D eigenvalue weighted by atomic mass is 32.2. The maximum Gasteiger partial charge on any atom is 0.352 e. The summed E-state index contributed by atoms with van der Waals surface area (Å²) in [5, 5.41) is 31.0. The Labute approximate surface area is 245 Å². The highest BCUT2D eigenvalue weighted by Crippen LogP contribution is 2.51. The molecule has 0 aliphatic carbocycles. The van der Waals surface area contributed by atoms with Crippen LogP contribution in [-0.4, -0.2) is 54.9 Å². The first-order valence-electron chi connectivity index (χ1n) is 13.5. The molecular weight excluding hydrogens is 560 g/mol. The van der Waals surface area contributed by atoms with E-state index in [1.807, 2.05) is 59.1 Å². The Morgan fingerprint density at radius 2 is 1.88 bits per heavy atom. The fourth-order valence-corrected chi connectivity index (χ4v) is 8.48. The van der Waals surface area contributed by atoms with Gasteiger partial charge in [-0.15, -0.1) is 0 Å². The average Bonchev–Trinajstić information content (AvgIpc) is 3.56. The van der Waals surface area contributed by atoms with Crippen molar-refractivity contribution in [2.24, 2.45) is 11.8 Å². The Morgan fingerprint density at radius 1 is 1.15 bits per heavy atom. The van der Waals surface area contributed by atoms with E-state index in [1.165, 1.54) is 16.2 Å². The summed E-state index contributed by atoms with van der Waals surface area (Å²) in [6, 6.07) is 13.9. The number of carboxylic acids is 1. The molecule has 5 heterocycles. The van der Waals surface area contributed by atoms with E-state index < -0.39 is 18.0 Å². The molecule has 2 aliphatic heterocycles. The summed E-state index contributed by atoms with van der Waals surface area (Å²) < 4.78 is 6.27. The maximum absolute atomic E-state index is 12.8. The van der Waals surface area contributed by atoms with Crippen molar-refractivity contribution in [1.82, 2.24) is 9.30 Å². The van der Waals surface area contributed by atoms with Crippen LogP contribution in [0.4, 0.5) is 0 Å².